The van der Waals surface area contributed by atoms with Crippen LogP contribution >= 0.6 is 0 Å². The number of rotatable bonds is 1. The Balaban J connectivity index is 2.08. The SMILES string of the molecule is CC1CN(c2nc3ccc(N)cc3c(=O)[nH]2)C(C)CO1. The largest absolute Gasteiger partial charge is 0.399 e. The number of aromatic nitrogens is 2. The van der Waals surface area contributed by atoms with Crippen molar-refractivity contribution in [2.45, 2.75) is 26.0 Å². The Morgan fingerprint density at radius 3 is 3.05 bits per heavy atom. The van der Waals surface area contributed by atoms with E-state index < -0.39 is 0 Å². The molecule has 1 aromatic carbocycles. The van der Waals surface area contributed by atoms with Crippen molar-refractivity contribution in [2.24, 2.45) is 0 Å². The van der Waals surface area contributed by atoms with E-state index in [9.17, 15) is 4.79 Å². The van der Waals surface area contributed by atoms with Crippen LogP contribution in [-0.4, -0.2) is 35.3 Å². The van der Waals surface area contributed by atoms with Gasteiger partial charge >= 0.3 is 0 Å². The van der Waals surface area contributed by atoms with Crippen LogP contribution < -0.4 is 16.2 Å². The lowest BCUT2D eigenvalue weighted by Crippen LogP contribution is -2.48. The van der Waals surface area contributed by atoms with Crippen LogP contribution in [0, 0.1) is 0 Å². The van der Waals surface area contributed by atoms with E-state index in [-0.39, 0.29) is 17.7 Å². The van der Waals surface area contributed by atoms with Crippen LogP contribution in [0.25, 0.3) is 10.9 Å². The van der Waals surface area contributed by atoms with Crippen molar-refractivity contribution < 1.29 is 4.74 Å². The second-order valence-corrected chi connectivity index (χ2v) is 5.31. The Hall–Kier alpha value is -2.08. The van der Waals surface area contributed by atoms with Crippen LogP contribution in [-0.2, 0) is 4.74 Å². The maximum Gasteiger partial charge on any atom is 0.260 e. The van der Waals surface area contributed by atoms with E-state index in [1.54, 1.807) is 18.2 Å². The molecule has 20 heavy (non-hydrogen) atoms. The average molecular weight is 274 g/mol. The van der Waals surface area contributed by atoms with Crippen LogP contribution in [0.4, 0.5) is 11.6 Å². The highest BCUT2D eigenvalue weighted by Gasteiger charge is 2.25. The van der Waals surface area contributed by atoms with Gasteiger partial charge in [-0.25, -0.2) is 4.98 Å². The lowest BCUT2D eigenvalue weighted by Gasteiger charge is -2.37. The first-order valence-electron chi connectivity index (χ1n) is 6.72. The summed E-state index contributed by atoms with van der Waals surface area (Å²) in [5.41, 5.74) is 6.76. The van der Waals surface area contributed by atoms with Gasteiger partial charge in [0.15, 0.2) is 0 Å². The number of benzene rings is 1. The summed E-state index contributed by atoms with van der Waals surface area (Å²) < 4.78 is 5.60. The molecule has 1 saturated heterocycles. The van der Waals surface area contributed by atoms with Gasteiger partial charge in [-0.15, -0.1) is 0 Å². The van der Waals surface area contributed by atoms with Crippen LogP contribution in [0.1, 0.15) is 13.8 Å². The zero-order valence-corrected chi connectivity index (χ0v) is 11.6. The van der Waals surface area contributed by atoms with Gasteiger partial charge in [0.25, 0.3) is 5.56 Å². The number of nitrogens with two attached hydrogens (primary N) is 1. The fraction of sp³-hybridized carbons (Fsp3) is 0.429. The third kappa shape index (κ3) is 2.22. The average Bonchev–Trinajstić information content (AvgIpc) is 2.42. The van der Waals surface area contributed by atoms with Crippen LogP contribution in [0.2, 0.25) is 0 Å². The summed E-state index contributed by atoms with van der Waals surface area (Å²) >= 11 is 0. The Labute approximate surface area is 116 Å². The van der Waals surface area contributed by atoms with Crippen molar-refractivity contribution in [3.8, 4) is 0 Å². The molecular weight excluding hydrogens is 256 g/mol. The number of nitrogens with one attached hydrogen (secondary N) is 1. The molecule has 1 aromatic heterocycles. The Morgan fingerprint density at radius 1 is 1.45 bits per heavy atom. The first-order valence-corrected chi connectivity index (χ1v) is 6.72. The summed E-state index contributed by atoms with van der Waals surface area (Å²) in [4.78, 5) is 21.6. The molecule has 106 valence electrons. The molecular formula is C14H18N4O2. The van der Waals surface area contributed by atoms with E-state index in [1.165, 1.54) is 0 Å². The minimum atomic E-state index is -0.163. The van der Waals surface area contributed by atoms with Gasteiger partial charge in [0.1, 0.15) is 0 Å². The van der Waals surface area contributed by atoms with Gasteiger partial charge in [-0.3, -0.25) is 9.78 Å². The van der Waals surface area contributed by atoms with Gasteiger partial charge in [0.2, 0.25) is 5.95 Å². The summed E-state index contributed by atoms with van der Waals surface area (Å²) in [7, 11) is 0. The van der Waals surface area contributed by atoms with E-state index in [1.807, 2.05) is 6.92 Å². The lowest BCUT2D eigenvalue weighted by atomic mass is 10.2. The first kappa shape index (κ1) is 12.9. The maximum atomic E-state index is 12.2. The van der Waals surface area contributed by atoms with Crippen molar-refractivity contribution in [1.29, 1.82) is 0 Å². The van der Waals surface area contributed by atoms with E-state index in [4.69, 9.17) is 10.5 Å². The predicted octanol–water partition coefficient (Wildman–Crippen LogP) is 1.12. The van der Waals surface area contributed by atoms with Crippen molar-refractivity contribution >= 4 is 22.5 Å². The molecule has 1 aliphatic heterocycles. The Kier molecular flexibility index (Phi) is 3.10. The highest BCUT2D eigenvalue weighted by atomic mass is 16.5. The third-order valence-corrected chi connectivity index (χ3v) is 3.60. The molecule has 2 atom stereocenters. The molecule has 1 aliphatic rings. The highest BCUT2D eigenvalue weighted by Crippen LogP contribution is 2.19. The molecule has 2 heterocycles. The van der Waals surface area contributed by atoms with Gasteiger partial charge in [-0.05, 0) is 32.0 Å². The maximum absolute atomic E-state index is 12.2. The molecule has 2 unspecified atom stereocenters. The molecule has 0 aliphatic carbocycles. The van der Waals surface area contributed by atoms with Crippen molar-refractivity contribution in [1.82, 2.24) is 9.97 Å². The number of anilines is 2. The molecule has 0 amide bonds. The van der Waals surface area contributed by atoms with Crippen LogP contribution in [0.5, 0.6) is 0 Å². The molecule has 3 rings (SSSR count). The van der Waals surface area contributed by atoms with E-state index in [0.717, 1.165) is 0 Å². The van der Waals surface area contributed by atoms with Gasteiger partial charge in [0, 0.05) is 12.2 Å². The molecule has 6 nitrogen and oxygen atoms in total. The number of nitrogen functional groups attached to an aromatic ring is 1. The summed E-state index contributed by atoms with van der Waals surface area (Å²) in [5, 5.41) is 0.516. The second kappa shape index (κ2) is 4.79. The van der Waals surface area contributed by atoms with Gasteiger partial charge in [0.05, 0.1) is 29.7 Å². The minimum absolute atomic E-state index is 0.124. The fourth-order valence-corrected chi connectivity index (χ4v) is 2.48. The summed E-state index contributed by atoms with van der Waals surface area (Å²) in [6.07, 6.45) is 0.124. The Bertz CT molecular complexity index is 697. The van der Waals surface area contributed by atoms with Crippen LogP contribution in [0.15, 0.2) is 23.0 Å². The summed E-state index contributed by atoms with van der Waals surface area (Å²) in [6, 6.07) is 5.36. The van der Waals surface area contributed by atoms with Crippen molar-refractivity contribution in [3.63, 3.8) is 0 Å². The quantitative estimate of drug-likeness (QED) is 0.761. The topological polar surface area (TPSA) is 84.2 Å². The highest BCUT2D eigenvalue weighted by molar-refractivity contribution is 5.81. The zero-order chi connectivity index (χ0) is 14.3. The normalized spacial score (nSPS) is 23.2. The number of nitrogens with zero attached hydrogens (tertiary/aromatic N) is 2. The molecule has 2 aromatic rings. The predicted molar refractivity (Wildman–Crippen MR) is 79.0 cm³/mol. The van der Waals surface area contributed by atoms with Gasteiger partial charge in [-0.2, -0.15) is 0 Å². The summed E-state index contributed by atoms with van der Waals surface area (Å²) in [6.45, 7) is 5.41. The molecule has 0 spiro atoms. The molecule has 6 heteroatoms. The third-order valence-electron chi connectivity index (χ3n) is 3.60. The number of aromatic amines is 1. The number of hydrogen-bond donors (Lipinski definition) is 2. The first-order chi connectivity index (χ1) is 9.54. The standard InChI is InChI=1S/C14H18N4O2/c1-8-7-20-9(2)6-18(8)14-16-12-4-3-10(15)5-11(12)13(19)17-14/h3-5,8-9H,6-7,15H2,1-2H3,(H,16,17,19). The Morgan fingerprint density at radius 2 is 2.25 bits per heavy atom. The molecule has 0 radical (unpaired) electrons. The molecule has 0 bridgehead atoms. The van der Waals surface area contributed by atoms with E-state index in [0.29, 0.717) is 35.7 Å². The van der Waals surface area contributed by atoms with Gasteiger partial charge < -0.3 is 15.4 Å². The minimum Gasteiger partial charge on any atom is -0.399 e. The molecule has 1 fully saturated rings. The van der Waals surface area contributed by atoms with Crippen LogP contribution in [0.3, 0.4) is 0 Å². The number of ether oxygens (including phenoxy) is 1. The monoisotopic (exact) mass is 274 g/mol. The van der Waals surface area contributed by atoms with Gasteiger partial charge in [-0.1, -0.05) is 0 Å². The molecule has 0 saturated carbocycles. The van der Waals surface area contributed by atoms with E-state index >= 15 is 0 Å². The fourth-order valence-electron chi connectivity index (χ4n) is 2.48. The van der Waals surface area contributed by atoms with E-state index in [2.05, 4.69) is 21.8 Å². The number of morpholine rings is 1. The molecule has 3 N–H and O–H groups in total. The van der Waals surface area contributed by atoms with Crippen molar-refractivity contribution in [3.05, 3.63) is 28.6 Å². The smallest absolute Gasteiger partial charge is 0.260 e. The zero-order valence-electron chi connectivity index (χ0n) is 11.6. The second-order valence-electron chi connectivity index (χ2n) is 5.31. The number of hydrogen-bond acceptors (Lipinski definition) is 5. The number of H-pyrrole nitrogens is 1. The summed E-state index contributed by atoms with van der Waals surface area (Å²) in [5.74, 6) is 0.593. The van der Waals surface area contributed by atoms with Crippen molar-refractivity contribution in [2.75, 3.05) is 23.8 Å². The lowest BCUT2D eigenvalue weighted by molar-refractivity contribution is 0.0337. The number of fused-ring (bicyclic) bond motifs is 1.